The van der Waals surface area contributed by atoms with E-state index in [1.165, 1.54) is 0 Å². The molecule has 0 fully saturated rings. The molecule has 4 nitrogen and oxygen atoms in total. The highest BCUT2D eigenvalue weighted by Gasteiger charge is 2.05. The van der Waals surface area contributed by atoms with E-state index in [1.807, 2.05) is 55.5 Å². The van der Waals surface area contributed by atoms with Crippen molar-refractivity contribution in [2.45, 2.75) is 13.5 Å². The van der Waals surface area contributed by atoms with Gasteiger partial charge in [-0.2, -0.15) is 0 Å². The van der Waals surface area contributed by atoms with Crippen LogP contribution < -0.4 is 15.4 Å². The Morgan fingerprint density at radius 1 is 1.09 bits per heavy atom. The second kappa shape index (κ2) is 9.33. The van der Waals surface area contributed by atoms with E-state index in [0.717, 1.165) is 28.9 Å². The highest BCUT2D eigenvalue weighted by atomic mass is 79.9. The monoisotopic (exact) mass is 376 g/mol. The number of nitrogens with one attached hydrogen (secondary N) is 2. The number of ether oxygens (including phenoxy) is 1. The van der Waals surface area contributed by atoms with Crippen molar-refractivity contribution in [2.75, 3.05) is 19.6 Å². The van der Waals surface area contributed by atoms with E-state index in [-0.39, 0.29) is 5.91 Å². The van der Waals surface area contributed by atoms with E-state index in [0.29, 0.717) is 18.7 Å². The first-order valence-corrected chi connectivity index (χ1v) is 8.45. The molecule has 0 heterocycles. The second-order valence-electron chi connectivity index (χ2n) is 5.03. The number of para-hydroxylation sites is 1. The van der Waals surface area contributed by atoms with Crippen LogP contribution in [0.15, 0.2) is 53.0 Å². The Morgan fingerprint density at radius 3 is 2.52 bits per heavy atom. The molecule has 0 aliphatic rings. The van der Waals surface area contributed by atoms with E-state index in [9.17, 15) is 4.79 Å². The van der Waals surface area contributed by atoms with Gasteiger partial charge in [0.15, 0.2) is 0 Å². The van der Waals surface area contributed by atoms with Crippen LogP contribution in [0.25, 0.3) is 0 Å². The number of halogens is 1. The molecule has 5 heteroatoms. The van der Waals surface area contributed by atoms with Crippen LogP contribution in [-0.2, 0) is 6.61 Å². The van der Waals surface area contributed by atoms with Gasteiger partial charge in [-0.1, -0.05) is 31.2 Å². The molecule has 2 aromatic carbocycles. The molecule has 23 heavy (non-hydrogen) atoms. The van der Waals surface area contributed by atoms with Crippen molar-refractivity contribution < 1.29 is 9.53 Å². The van der Waals surface area contributed by atoms with Crippen LogP contribution in [0.4, 0.5) is 0 Å². The lowest BCUT2D eigenvalue weighted by Gasteiger charge is -2.09. The topological polar surface area (TPSA) is 50.4 Å². The highest BCUT2D eigenvalue weighted by Crippen LogP contribution is 2.24. The summed E-state index contributed by atoms with van der Waals surface area (Å²) < 4.78 is 6.69. The number of amides is 1. The van der Waals surface area contributed by atoms with E-state index in [2.05, 4.69) is 26.6 Å². The number of benzene rings is 2. The Hall–Kier alpha value is -1.85. The Morgan fingerprint density at radius 2 is 1.83 bits per heavy atom. The molecule has 0 aliphatic carbocycles. The average molecular weight is 377 g/mol. The summed E-state index contributed by atoms with van der Waals surface area (Å²) in [6.45, 7) is 4.81. The van der Waals surface area contributed by atoms with Gasteiger partial charge in [0, 0.05) is 18.7 Å². The molecule has 0 unspecified atom stereocenters. The molecular weight excluding hydrogens is 356 g/mol. The van der Waals surface area contributed by atoms with Gasteiger partial charge in [0.2, 0.25) is 0 Å². The molecule has 1 amide bonds. The van der Waals surface area contributed by atoms with Crippen molar-refractivity contribution in [1.82, 2.24) is 10.6 Å². The zero-order valence-electron chi connectivity index (χ0n) is 13.1. The largest absolute Gasteiger partial charge is 0.488 e. The maximum atomic E-state index is 12.0. The SMILES string of the molecule is CCNCCNC(=O)c1ccc(COc2ccccc2Br)cc1. The number of carbonyl (C=O) groups excluding carboxylic acids is 1. The quantitative estimate of drug-likeness (QED) is 0.694. The molecule has 0 saturated carbocycles. The van der Waals surface area contributed by atoms with Gasteiger partial charge < -0.3 is 15.4 Å². The van der Waals surface area contributed by atoms with Gasteiger partial charge in [-0.05, 0) is 52.3 Å². The molecule has 0 saturated heterocycles. The van der Waals surface area contributed by atoms with Crippen LogP contribution in [0.2, 0.25) is 0 Å². The number of hydrogen-bond acceptors (Lipinski definition) is 3. The van der Waals surface area contributed by atoms with E-state index >= 15 is 0 Å². The maximum absolute atomic E-state index is 12.0. The van der Waals surface area contributed by atoms with Crippen LogP contribution in [0.1, 0.15) is 22.8 Å². The van der Waals surface area contributed by atoms with Crippen molar-refractivity contribution in [1.29, 1.82) is 0 Å². The zero-order chi connectivity index (χ0) is 16.5. The summed E-state index contributed by atoms with van der Waals surface area (Å²) in [4.78, 5) is 12.0. The van der Waals surface area contributed by atoms with Gasteiger partial charge in [-0.25, -0.2) is 0 Å². The van der Waals surface area contributed by atoms with E-state index in [4.69, 9.17) is 4.74 Å². The van der Waals surface area contributed by atoms with Gasteiger partial charge in [0.1, 0.15) is 12.4 Å². The first kappa shape index (κ1) is 17.5. The maximum Gasteiger partial charge on any atom is 0.251 e. The number of hydrogen-bond donors (Lipinski definition) is 2. The van der Waals surface area contributed by atoms with Crippen LogP contribution in [0.3, 0.4) is 0 Å². The summed E-state index contributed by atoms with van der Waals surface area (Å²) in [5, 5.41) is 6.05. The molecule has 2 N–H and O–H groups in total. The standard InChI is InChI=1S/C18H21BrN2O2/c1-2-20-11-12-21-18(22)15-9-7-14(8-10-15)13-23-17-6-4-3-5-16(17)19/h3-10,20H,2,11-13H2,1H3,(H,21,22). The summed E-state index contributed by atoms with van der Waals surface area (Å²) in [6, 6.07) is 15.2. The molecule has 0 spiro atoms. The molecule has 2 aromatic rings. The predicted molar refractivity (Wildman–Crippen MR) is 95.8 cm³/mol. The van der Waals surface area contributed by atoms with E-state index in [1.54, 1.807) is 0 Å². The molecule has 0 bridgehead atoms. The van der Waals surface area contributed by atoms with Crippen molar-refractivity contribution >= 4 is 21.8 Å². The van der Waals surface area contributed by atoms with Crippen molar-refractivity contribution in [3.8, 4) is 5.75 Å². The summed E-state index contributed by atoms with van der Waals surface area (Å²) in [7, 11) is 0. The molecule has 122 valence electrons. The smallest absolute Gasteiger partial charge is 0.251 e. The van der Waals surface area contributed by atoms with Gasteiger partial charge >= 0.3 is 0 Å². The lowest BCUT2D eigenvalue weighted by molar-refractivity contribution is 0.0954. The summed E-state index contributed by atoms with van der Waals surface area (Å²) in [6.07, 6.45) is 0. The Balaban J connectivity index is 1.84. The minimum absolute atomic E-state index is 0.0545. The molecule has 0 aromatic heterocycles. The van der Waals surface area contributed by atoms with Crippen molar-refractivity contribution in [3.63, 3.8) is 0 Å². The van der Waals surface area contributed by atoms with Crippen LogP contribution in [-0.4, -0.2) is 25.5 Å². The normalized spacial score (nSPS) is 10.3. The van der Waals surface area contributed by atoms with Gasteiger partial charge in [-0.15, -0.1) is 0 Å². The van der Waals surface area contributed by atoms with E-state index < -0.39 is 0 Å². The number of carbonyl (C=O) groups is 1. The Labute approximate surface area is 145 Å². The molecule has 2 rings (SSSR count). The van der Waals surface area contributed by atoms with Gasteiger partial charge in [0.25, 0.3) is 5.91 Å². The highest BCUT2D eigenvalue weighted by molar-refractivity contribution is 9.10. The second-order valence-corrected chi connectivity index (χ2v) is 5.88. The Bertz CT molecular complexity index is 629. The number of rotatable bonds is 8. The summed E-state index contributed by atoms with van der Waals surface area (Å²) in [5.74, 6) is 0.749. The third kappa shape index (κ3) is 5.69. The first-order chi connectivity index (χ1) is 11.2. The molecule has 0 radical (unpaired) electrons. The fourth-order valence-electron chi connectivity index (χ4n) is 2.02. The minimum Gasteiger partial charge on any atom is -0.488 e. The molecule has 0 atom stereocenters. The molecule has 0 aliphatic heterocycles. The average Bonchev–Trinajstić information content (AvgIpc) is 2.58. The fraction of sp³-hybridized carbons (Fsp3) is 0.278. The van der Waals surface area contributed by atoms with Crippen LogP contribution in [0.5, 0.6) is 5.75 Å². The Kier molecular flexibility index (Phi) is 7.10. The lowest BCUT2D eigenvalue weighted by atomic mass is 10.1. The summed E-state index contributed by atoms with van der Waals surface area (Å²) in [5.41, 5.74) is 1.68. The molecular formula is C18H21BrN2O2. The minimum atomic E-state index is -0.0545. The predicted octanol–water partition coefficient (Wildman–Crippen LogP) is 3.37. The van der Waals surface area contributed by atoms with Gasteiger partial charge in [-0.3, -0.25) is 4.79 Å². The van der Waals surface area contributed by atoms with Crippen LogP contribution >= 0.6 is 15.9 Å². The van der Waals surface area contributed by atoms with Crippen molar-refractivity contribution in [3.05, 3.63) is 64.1 Å². The third-order valence-corrected chi connectivity index (χ3v) is 3.94. The first-order valence-electron chi connectivity index (χ1n) is 7.66. The lowest BCUT2D eigenvalue weighted by Crippen LogP contribution is -2.31. The number of likely N-dealkylation sites (N-methyl/N-ethyl adjacent to an activating group) is 1. The zero-order valence-corrected chi connectivity index (χ0v) is 14.7. The van der Waals surface area contributed by atoms with Gasteiger partial charge in [0.05, 0.1) is 4.47 Å². The third-order valence-electron chi connectivity index (χ3n) is 3.28. The fourth-order valence-corrected chi connectivity index (χ4v) is 2.42. The van der Waals surface area contributed by atoms with Crippen LogP contribution in [0, 0.1) is 0 Å². The van der Waals surface area contributed by atoms with Crippen molar-refractivity contribution in [2.24, 2.45) is 0 Å². The summed E-state index contributed by atoms with van der Waals surface area (Å²) >= 11 is 3.45.